The van der Waals surface area contributed by atoms with Crippen molar-refractivity contribution < 1.29 is 22.4 Å². The van der Waals surface area contributed by atoms with E-state index in [-0.39, 0.29) is 36.4 Å². The number of rotatable bonds is 5. The third-order valence-electron chi connectivity index (χ3n) is 5.69. The molecule has 0 spiro atoms. The van der Waals surface area contributed by atoms with Gasteiger partial charge >= 0.3 is 11.9 Å². The molecule has 2 aromatic heterocycles. The molecule has 0 radical (unpaired) electrons. The van der Waals surface area contributed by atoms with Gasteiger partial charge in [0.05, 0.1) is 10.7 Å². The largest absolute Gasteiger partial charge is 0.397 e. The Morgan fingerprint density at radius 1 is 1.12 bits per heavy atom. The number of likely N-dealkylation sites (tertiary alicyclic amines) is 1. The Kier molecular flexibility index (Phi) is 6.74. The molecule has 3 heterocycles. The maximum absolute atomic E-state index is 13.5. The van der Waals surface area contributed by atoms with Crippen molar-refractivity contribution in [3.8, 4) is 17.1 Å². The molecule has 1 fully saturated rings. The summed E-state index contributed by atoms with van der Waals surface area (Å²) in [5.74, 6) is -1.22. The predicted molar refractivity (Wildman–Crippen MR) is 116 cm³/mol. The van der Waals surface area contributed by atoms with Crippen LogP contribution in [0.4, 0.5) is 17.6 Å². The molecule has 3 aromatic rings. The van der Waals surface area contributed by atoms with Crippen LogP contribution in [0, 0.1) is 11.7 Å². The van der Waals surface area contributed by atoms with Crippen LogP contribution in [0.25, 0.3) is 17.1 Å². The summed E-state index contributed by atoms with van der Waals surface area (Å²) in [7, 11) is 0. The van der Waals surface area contributed by atoms with Crippen LogP contribution in [-0.4, -0.2) is 49.4 Å². The first-order chi connectivity index (χ1) is 16.1. The molecule has 12 heteroatoms. The number of amides is 1. The molecule has 4 rings (SSSR count). The number of halogens is 5. The average Bonchev–Trinajstić information content (AvgIpc) is 3.09. The van der Waals surface area contributed by atoms with Crippen molar-refractivity contribution in [3.05, 3.63) is 64.0 Å². The number of piperidine rings is 1. The van der Waals surface area contributed by atoms with E-state index in [0.717, 1.165) is 0 Å². The summed E-state index contributed by atoms with van der Waals surface area (Å²) in [6, 6.07) is 6.97. The lowest BCUT2D eigenvalue weighted by Gasteiger charge is -2.32. The average molecular weight is 498 g/mol. The van der Waals surface area contributed by atoms with Crippen LogP contribution in [0.3, 0.4) is 0 Å². The van der Waals surface area contributed by atoms with Gasteiger partial charge in [-0.2, -0.15) is 13.2 Å². The summed E-state index contributed by atoms with van der Waals surface area (Å²) in [6.45, 7) is 0.566. The highest BCUT2D eigenvalue weighted by molar-refractivity contribution is 6.33. The summed E-state index contributed by atoms with van der Waals surface area (Å²) in [4.78, 5) is 30.3. The molecule has 34 heavy (non-hydrogen) atoms. The van der Waals surface area contributed by atoms with E-state index in [1.54, 1.807) is 6.07 Å². The monoisotopic (exact) mass is 497 g/mol. The second kappa shape index (κ2) is 9.57. The highest BCUT2D eigenvalue weighted by atomic mass is 35.5. The van der Waals surface area contributed by atoms with Gasteiger partial charge in [0.15, 0.2) is 5.82 Å². The van der Waals surface area contributed by atoms with E-state index in [0.29, 0.717) is 24.1 Å². The molecule has 1 aliphatic heterocycles. The van der Waals surface area contributed by atoms with E-state index in [2.05, 4.69) is 10.1 Å². The van der Waals surface area contributed by atoms with Crippen molar-refractivity contribution in [2.24, 2.45) is 5.92 Å². The number of hydrogen-bond donors (Lipinski definition) is 0. The van der Waals surface area contributed by atoms with Crippen molar-refractivity contribution in [2.75, 3.05) is 13.1 Å². The van der Waals surface area contributed by atoms with Crippen LogP contribution in [-0.2, 0) is 11.3 Å². The Morgan fingerprint density at radius 3 is 2.41 bits per heavy atom. The van der Waals surface area contributed by atoms with Crippen molar-refractivity contribution in [1.82, 2.24) is 24.2 Å². The van der Waals surface area contributed by atoms with Crippen molar-refractivity contribution in [3.63, 3.8) is 0 Å². The molecule has 0 unspecified atom stereocenters. The van der Waals surface area contributed by atoms with E-state index in [1.807, 2.05) is 0 Å². The molecule has 0 saturated carbocycles. The van der Waals surface area contributed by atoms with Gasteiger partial charge in [0.1, 0.15) is 12.2 Å². The Bertz CT molecular complexity index is 1230. The Hall–Kier alpha value is -3.21. The van der Waals surface area contributed by atoms with E-state index in [1.165, 1.54) is 50.8 Å². The van der Waals surface area contributed by atoms with Crippen LogP contribution in [0.5, 0.6) is 0 Å². The molecule has 180 valence electrons. The van der Waals surface area contributed by atoms with Gasteiger partial charge in [-0.05, 0) is 49.1 Å². The van der Waals surface area contributed by atoms with Gasteiger partial charge in [-0.25, -0.2) is 18.4 Å². The number of carbonyl (C=O) groups is 1. The zero-order valence-corrected chi connectivity index (χ0v) is 18.6. The molecule has 7 nitrogen and oxygen atoms in total. The molecule has 1 aromatic carbocycles. The number of benzene rings is 1. The first-order valence-corrected chi connectivity index (χ1v) is 10.9. The second-order valence-corrected chi connectivity index (χ2v) is 8.48. The van der Waals surface area contributed by atoms with Gasteiger partial charge in [0.2, 0.25) is 5.91 Å². The standard InChI is InChI=1S/C22H20ClF4N5O2/c23-18-12-28-8-5-17(18)20-29-31(21(34)32(20)16-3-1-15(24)2-4-16)13-14-6-9-30(10-7-14)19(33)11-22(25,26)27/h1-5,8,12,14H,6-7,9-11,13H2. The minimum atomic E-state index is -4.54. The second-order valence-electron chi connectivity index (χ2n) is 8.07. The SMILES string of the molecule is O=C(CC(F)(F)F)N1CCC(Cn2nc(-c3ccncc3Cl)n(-c3ccc(F)cc3)c2=O)CC1. The Balaban J connectivity index is 1.58. The summed E-state index contributed by atoms with van der Waals surface area (Å²) in [5.41, 5.74) is 0.391. The summed E-state index contributed by atoms with van der Waals surface area (Å²) in [5, 5.41) is 4.75. The Morgan fingerprint density at radius 2 is 1.79 bits per heavy atom. The van der Waals surface area contributed by atoms with E-state index >= 15 is 0 Å². The minimum Gasteiger partial charge on any atom is -0.342 e. The highest BCUT2D eigenvalue weighted by Crippen LogP contribution is 2.28. The third kappa shape index (κ3) is 5.30. The molecule has 1 amide bonds. The Labute approximate surface area is 196 Å². The zero-order chi connectivity index (χ0) is 24.5. The number of aromatic nitrogens is 4. The fourth-order valence-corrected chi connectivity index (χ4v) is 4.18. The van der Waals surface area contributed by atoms with Crippen LogP contribution < -0.4 is 5.69 Å². The van der Waals surface area contributed by atoms with Crippen LogP contribution >= 0.6 is 11.6 Å². The van der Waals surface area contributed by atoms with E-state index in [9.17, 15) is 27.2 Å². The number of carbonyl (C=O) groups excluding carboxylic acids is 1. The van der Waals surface area contributed by atoms with Gasteiger partial charge in [-0.1, -0.05) is 11.6 Å². The van der Waals surface area contributed by atoms with Crippen molar-refractivity contribution in [1.29, 1.82) is 0 Å². The van der Waals surface area contributed by atoms with Gasteiger partial charge in [-0.15, -0.1) is 5.10 Å². The maximum atomic E-state index is 13.5. The number of alkyl halides is 3. The number of nitrogens with zero attached hydrogens (tertiary/aromatic N) is 5. The highest BCUT2D eigenvalue weighted by Gasteiger charge is 2.35. The fraction of sp³-hybridized carbons (Fsp3) is 0.364. The lowest BCUT2D eigenvalue weighted by Crippen LogP contribution is -2.41. The zero-order valence-electron chi connectivity index (χ0n) is 17.8. The van der Waals surface area contributed by atoms with Crippen molar-refractivity contribution >= 4 is 17.5 Å². The molecular formula is C22H20ClF4N5O2. The van der Waals surface area contributed by atoms with Crippen molar-refractivity contribution in [2.45, 2.75) is 32.0 Å². The van der Waals surface area contributed by atoms with Crippen LogP contribution in [0.2, 0.25) is 5.02 Å². The first kappa shape index (κ1) is 23.9. The molecule has 1 saturated heterocycles. The van der Waals surface area contributed by atoms with Crippen LogP contribution in [0.1, 0.15) is 19.3 Å². The maximum Gasteiger partial charge on any atom is 0.397 e. The van der Waals surface area contributed by atoms with Gasteiger partial charge in [0, 0.05) is 37.6 Å². The molecular weight excluding hydrogens is 478 g/mol. The quantitative estimate of drug-likeness (QED) is 0.498. The van der Waals surface area contributed by atoms with Gasteiger partial charge < -0.3 is 4.90 Å². The minimum absolute atomic E-state index is 0.0648. The predicted octanol–water partition coefficient (Wildman–Crippen LogP) is 4.08. The smallest absolute Gasteiger partial charge is 0.342 e. The molecule has 0 N–H and O–H groups in total. The normalized spacial score (nSPS) is 15.0. The topological polar surface area (TPSA) is 73.0 Å². The third-order valence-corrected chi connectivity index (χ3v) is 5.99. The summed E-state index contributed by atoms with van der Waals surface area (Å²) >= 11 is 6.28. The molecule has 0 aliphatic carbocycles. The van der Waals surface area contributed by atoms with Gasteiger partial charge in [0.25, 0.3) is 0 Å². The molecule has 1 aliphatic rings. The number of pyridine rings is 1. The summed E-state index contributed by atoms with van der Waals surface area (Å²) < 4.78 is 53.6. The lowest BCUT2D eigenvalue weighted by atomic mass is 9.96. The van der Waals surface area contributed by atoms with E-state index in [4.69, 9.17) is 11.6 Å². The molecule has 0 bridgehead atoms. The summed E-state index contributed by atoms with van der Waals surface area (Å²) in [6.07, 6.45) is -2.22. The van der Waals surface area contributed by atoms with Gasteiger partial charge in [-0.3, -0.25) is 9.78 Å². The fourth-order valence-electron chi connectivity index (χ4n) is 3.97. The van der Waals surface area contributed by atoms with E-state index < -0.39 is 30.0 Å². The first-order valence-electron chi connectivity index (χ1n) is 10.5. The number of hydrogen-bond acceptors (Lipinski definition) is 4. The van der Waals surface area contributed by atoms with Crippen LogP contribution in [0.15, 0.2) is 47.5 Å². The molecule has 0 atom stereocenters. The lowest BCUT2D eigenvalue weighted by molar-refractivity contribution is -0.162.